The van der Waals surface area contributed by atoms with Crippen LogP contribution in [0, 0.1) is 11.3 Å². The number of rotatable bonds is 5. The molecule has 3 aromatic heterocycles. The highest BCUT2D eigenvalue weighted by Gasteiger charge is 2.13. The predicted molar refractivity (Wildman–Crippen MR) is 116 cm³/mol. The van der Waals surface area contributed by atoms with Crippen molar-refractivity contribution < 1.29 is 4.42 Å². The molecule has 1 aliphatic rings. The van der Waals surface area contributed by atoms with Crippen molar-refractivity contribution in [3.63, 3.8) is 0 Å². The number of allylic oxidation sites excluding steroid dienone is 1. The minimum absolute atomic E-state index is 0.251. The van der Waals surface area contributed by atoms with Crippen molar-refractivity contribution in [2.45, 2.75) is 32.6 Å². The zero-order chi connectivity index (χ0) is 20.5. The number of nitrogens with zero attached hydrogens (tertiary/aromatic N) is 4. The van der Waals surface area contributed by atoms with Crippen LogP contribution in [0.5, 0.6) is 0 Å². The third kappa shape index (κ3) is 5.38. The average Bonchev–Trinajstić information content (AvgIpc) is 3.42. The highest BCUT2D eigenvalue weighted by Crippen LogP contribution is 2.27. The molecular formula is C20H25N7OS. The Hall–Kier alpha value is -2.80. The van der Waals surface area contributed by atoms with Gasteiger partial charge in [-0.15, -0.1) is 0 Å². The Bertz CT molecular complexity index is 986. The number of hydrogen-bond donors (Lipinski definition) is 3. The van der Waals surface area contributed by atoms with Crippen molar-refractivity contribution in [3.8, 4) is 17.2 Å². The molecule has 0 atom stereocenters. The molecule has 4 N–H and O–H groups in total. The SMILES string of the molecule is C1CCNCC1.CC/C=C(/Nc1ccnc2c(-c3coc(C#N)c3)cnn12)SN. The molecule has 29 heavy (non-hydrogen) atoms. The molecule has 8 nitrogen and oxygen atoms in total. The van der Waals surface area contributed by atoms with Crippen molar-refractivity contribution >= 4 is 23.4 Å². The van der Waals surface area contributed by atoms with Gasteiger partial charge in [-0.05, 0) is 50.4 Å². The first-order chi connectivity index (χ1) is 14.3. The Kier molecular flexibility index (Phi) is 7.69. The fourth-order valence-electron chi connectivity index (χ4n) is 2.97. The molecular weight excluding hydrogens is 386 g/mol. The molecule has 0 unspecified atom stereocenters. The van der Waals surface area contributed by atoms with Crippen LogP contribution in [0.2, 0.25) is 0 Å². The monoisotopic (exact) mass is 411 g/mol. The number of fused-ring (bicyclic) bond motifs is 1. The molecule has 1 saturated heterocycles. The van der Waals surface area contributed by atoms with Gasteiger partial charge in [0.05, 0.1) is 11.2 Å². The van der Waals surface area contributed by atoms with Crippen LogP contribution in [0.4, 0.5) is 5.82 Å². The summed E-state index contributed by atoms with van der Waals surface area (Å²) >= 11 is 1.14. The normalized spacial score (nSPS) is 14.2. The lowest BCUT2D eigenvalue weighted by Crippen LogP contribution is -2.21. The van der Waals surface area contributed by atoms with E-state index in [-0.39, 0.29) is 5.76 Å². The van der Waals surface area contributed by atoms with Gasteiger partial charge in [-0.25, -0.2) is 4.98 Å². The van der Waals surface area contributed by atoms with Gasteiger partial charge >= 0.3 is 0 Å². The molecule has 0 aliphatic carbocycles. The fraction of sp³-hybridized carbons (Fsp3) is 0.350. The molecule has 4 heterocycles. The van der Waals surface area contributed by atoms with Crippen molar-refractivity contribution in [1.29, 1.82) is 5.26 Å². The number of nitriles is 1. The van der Waals surface area contributed by atoms with Crippen molar-refractivity contribution in [2.24, 2.45) is 5.14 Å². The molecule has 1 fully saturated rings. The van der Waals surface area contributed by atoms with Gasteiger partial charge in [0.2, 0.25) is 5.76 Å². The third-order valence-electron chi connectivity index (χ3n) is 4.40. The molecule has 0 spiro atoms. The van der Waals surface area contributed by atoms with Gasteiger partial charge in [-0.2, -0.15) is 14.9 Å². The second-order valence-electron chi connectivity index (χ2n) is 6.47. The first-order valence-corrected chi connectivity index (χ1v) is 10.5. The van der Waals surface area contributed by atoms with Gasteiger partial charge in [0.15, 0.2) is 5.65 Å². The molecule has 4 rings (SSSR count). The quantitative estimate of drug-likeness (QED) is 0.541. The molecule has 0 aromatic carbocycles. The van der Waals surface area contributed by atoms with Crippen LogP contribution in [0.25, 0.3) is 16.8 Å². The summed E-state index contributed by atoms with van der Waals surface area (Å²) in [5.74, 6) is 1.00. The van der Waals surface area contributed by atoms with E-state index >= 15 is 0 Å². The summed E-state index contributed by atoms with van der Waals surface area (Å²) in [6, 6.07) is 5.45. The lowest BCUT2D eigenvalue weighted by atomic mass is 10.2. The average molecular weight is 412 g/mol. The van der Waals surface area contributed by atoms with E-state index in [0.29, 0.717) is 5.65 Å². The maximum atomic E-state index is 8.87. The van der Waals surface area contributed by atoms with Gasteiger partial charge in [0.25, 0.3) is 0 Å². The maximum Gasteiger partial charge on any atom is 0.203 e. The number of nitrogens with two attached hydrogens (primary N) is 1. The summed E-state index contributed by atoms with van der Waals surface area (Å²) in [6.07, 6.45) is 12.0. The van der Waals surface area contributed by atoms with Gasteiger partial charge in [0, 0.05) is 23.4 Å². The molecule has 0 saturated carbocycles. The molecule has 3 aromatic rings. The van der Waals surface area contributed by atoms with E-state index in [9.17, 15) is 0 Å². The number of aromatic nitrogens is 3. The maximum absolute atomic E-state index is 8.87. The standard InChI is InChI=1S/C15H14N6OS.C5H11N/c1-2-3-14(23-17)20-13-4-5-18-15-12(8-19-21(13)15)10-6-11(7-16)22-9-10;1-2-4-6-5-3-1/h3-6,8-9,20H,2,17H2,1H3;6H,1-5H2/b14-3-;. The first kappa shape index (κ1) is 20.9. The molecule has 152 valence electrons. The van der Waals surface area contributed by atoms with Crippen molar-refractivity contribution in [3.05, 3.63) is 47.7 Å². The Morgan fingerprint density at radius 1 is 1.45 bits per heavy atom. The Morgan fingerprint density at radius 3 is 2.86 bits per heavy atom. The topological polar surface area (TPSA) is 117 Å². The van der Waals surface area contributed by atoms with Crippen LogP contribution < -0.4 is 15.8 Å². The molecule has 0 amide bonds. The minimum atomic E-state index is 0.251. The van der Waals surface area contributed by atoms with Gasteiger partial charge in [-0.1, -0.05) is 19.4 Å². The highest BCUT2D eigenvalue weighted by molar-refractivity contribution is 8.01. The van der Waals surface area contributed by atoms with Crippen molar-refractivity contribution in [2.75, 3.05) is 18.4 Å². The number of furan rings is 1. The van der Waals surface area contributed by atoms with E-state index in [1.807, 2.05) is 25.1 Å². The predicted octanol–water partition coefficient (Wildman–Crippen LogP) is 3.89. The van der Waals surface area contributed by atoms with Crippen molar-refractivity contribution in [1.82, 2.24) is 19.9 Å². The number of anilines is 1. The van der Waals surface area contributed by atoms with E-state index in [1.165, 1.54) is 38.6 Å². The zero-order valence-electron chi connectivity index (χ0n) is 16.4. The van der Waals surface area contributed by atoms with Gasteiger partial charge in [0.1, 0.15) is 18.2 Å². The molecule has 9 heteroatoms. The van der Waals surface area contributed by atoms with Crippen LogP contribution in [-0.4, -0.2) is 27.7 Å². The van der Waals surface area contributed by atoms with Gasteiger partial charge < -0.3 is 15.1 Å². The van der Waals surface area contributed by atoms with Crippen LogP contribution in [0.1, 0.15) is 38.4 Å². The largest absolute Gasteiger partial charge is 0.453 e. The van der Waals surface area contributed by atoms with E-state index in [0.717, 1.165) is 40.3 Å². The van der Waals surface area contributed by atoms with E-state index in [1.54, 1.807) is 23.0 Å². The summed E-state index contributed by atoms with van der Waals surface area (Å²) in [6.45, 7) is 4.54. The Labute approximate surface area is 174 Å². The Balaban J connectivity index is 0.000000343. The lowest BCUT2D eigenvalue weighted by Gasteiger charge is -2.09. The van der Waals surface area contributed by atoms with E-state index in [4.69, 9.17) is 14.8 Å². The minimum Gasteiger partial charge on any atom is -0.453 e. The molecule has 0 bridgehead atoms. The fourth-order valence-corrected chi connectivity index (χ4v) is 3.39. The Morgan fingerprint density at radius 2 is 2.28 bits per heavy atom. The molecule has 1 aliphatic heterocycles. The number of piperidine rings is 1. The van der Waals surface area contributed by atoms with Crippen LogP contribution in [0.3, 0.4) is 0 Å². The van der Waals surface area contributed by atoms with Gasteiger partial charge in [-0.3, -0.25) is 5.14 Å². The third-order valence-corrected chi connectivity index (χ3v) is 4.92. The second-order valence-corrected chi connectivity index (χ2v) is 7.14. The smallest absolute Gasteiger partial charge is 0.203 e. The highest BCUT2D eigenvalue weighted by atomic mass is 32.2. The number of nitrogens with one attached hydrogen (secondary N) is 2. The first-order valence-electron chi connectivity index (χ1n) is 9.63. The van der Waals surface area contributed by atoms with E-state index in [2.05, 4.69) is 20.7 Å². The molecule has 0 radical (unpaired) electrons. The zero-order valence-corrected chi connectivity index (χ0v) is 17.2. The summed E-state index contributed by atoms with van der Waals surface area (Å²) in [5, 5.41) is 26.3. The van der Waals surface area contributed by atoms with Crippen LogP contribution in [-0.2, 0) is 0 Å². The summed E-state index contributed by atoms with van der Waals surface area (Å²) in [7, 11) is 0. The van der Waals surface area contributed by atoms with Crippen LogP contribution in [0.15, 0.2) is 46.3 Å². The summed E-state index contributed by atoms with van der Waals surface area (Å²) in [4.78, 5) is 4.37. The number of hydrogen-bond acceptors (Lipinski definition) is 8. The summed E-state index contributed by atoms with van der Waals surface area (Å²) < 4.78 is 6.85. The van der Waals surface area contributed by atoms with Crippen LogP contribution >= 0.6 is 11.9 Å². The summed E-state index contributed by atoms with van der Waals surface area (Å²) in [5.41, 5.74) is 2.22. The second kappa shape index (κ2) is 10.7. The van der Waals surface area contributed by atoms with E-state index < -0.39 is 0 Å². The lowest BCUT2D eigenvalue weighted by molar-refractivity contribution is 0.520.